The van der Waals surface area contributed by atoms with E-state index in [9.17, 15) is 9.59 Å². The van der Waals surface area contributed by atoms with E-state index in [0.29, 0.717) is 46.0 Å². The zero-order chi connectivity index (χ0) is 23.5. The van der Waals surface area contributed by atoms with Crippen molar-refractivity contribution < 1.29 is 18.8 Å². The van der Waals surface area contributed by atoms with Crippen LogP contribution in [0.1, 0.15) is 25.1 Å². The van der Waals surface area contributed by atoms with E-state index in [1.807, 2.05) is 25.1 Å². The van der Waals surface area contributed by atoms with E-state index in [1.165, 1.54) is 4.68 Å². The second-order valence-electron chi connectivity index (χ2n) is 7.44. The monoisotopic (exact) mass is 448 g/mol. The van der Waals surface area contributed by atoms with Crippen LogP contribution in [0.25, 0.3) is 22.2 Å². The van der Waals surface area contributed by atoms with Crippen LogP contribution in [0.2, 0.25) is 0 Å². The molecule has 9 nitrogen and oxygen atoms in total. The first-order valence-corrected chi connectivity index (χ1v) is 10.4. The van der Waals surface area contributed by atoms with Crippen LogP contribution in [0.4, 0.5) is 5.69 Å². The van der Waals surface area contributed by atoms with Gasteiger partial charge in [-0.05, 0) is 37.6 Å². The van der Waals surface area contributed by atoms with Gasteiger partial charge in [-0.1, -0.05) is 30.3 Å². The van der Waals surface area contributed by atoms with Gasteiger partial charge in [-0.25, -0.2) is 4.68 Å². The molecule has 4 aromatic rings. The molecule has 2 aromatic heterocycles. The van der Waals surface area contributed by atoms with Crippen LogP contribution in [0.15, 0.2) is 57.8 Å². The van der Waals surface area contributed by atoms with Crippen molar-refractivity contribution in [3.05, 3.63) is 64.6 Å². The first kappa shape index (κ1) is 22.1. The van der Waals surface area contributed by atoms with Gasteiger partial charge in [-0.2, -0.15) is 5.10 Å². The summed E-state index contributed by atoms with van der Waals surface area (Å²) in [6, 6.07) is 13.4. The van der Waals surface area contributed by atoms with Gasteiger partial charge < -0.3 is 19.3 Å². The molecular formula is C24H24N4O5. The van der Waals surface area contributed by atoms with Gasteiger partial charge in [-0.3, -0.25) is 9.59 Å². The largest absolute Gasteiger partial charge is 0.497 e. The molecule has 0 radical (unpaired) electrons. The number of fused-ring (bicyclic) bond motifs is 1. The lowest BCUT2D eigenvalue weighted by Crippen LogP contribution is -2.35. The maximum absolute atomic E-state index is 13.3. The fourth-order valence-corrected chi connectivity index (χ4v) is 3.69. The smallest absolute Gasteiger partial charge is 0.297 e. The number of benzene rings is 2. The molecule has 9 heteroatoms. The number of nitrogens with zero attached hydrogens (tertiary/aromatic N) is 3. The maximum atomic E-state index is 13.3. The summed E-state index contributed by atoms with van der Waals surface area (Å²) >= 11 is 0. The highest BCUT2D eigenvalue weighted by molar-refractivity contribution is 5.95. The second-order valence-corrected chi connectivity index (χ2v) is 7.44. The lowest BCUT2D eigenvalue weighted by atomic mass is 10.1. The van der Waals surface area contributed by atoms with Crippen molar-refractivity contribution in [2.24, 2.45) is 0 Å². The molecule has 1 atom stereocenters. The summed E-state index contributed by atoms with van der Waals surface area (Å²) in [7, 11) is 3.12. The van der Waals surface area contributed by atoms with Crippen molar-refractivity contribution in [2.45, 2.75) is 26.3 Å². The van der Waals surface area contributed by atoms with Crippen LogP contribution in [-0.4, -0.2) is 35.1 Å². The molecule has 1 amide bonds. The van der Waals surface area contributed by atoms with Crippen molar-refractivity contribution in [1.29, 1.82) is 0 Å². The third kappa shape index (κ3) is 4.17. The lowest BCUT2D eigenvalue weighted by Gasteiger charge is -2.18. The molecule has 0 aliphatic heterocycles. The van der Waals surface area contributed by atoms with Crippen LogP contribution in [0.5, 0.6) is 11.5 Å². The number of aryl methyl sites for hydroxylation is 1. The molecule has 1 N–H and O–H groups in total. The second kappa shape index (κ2) is 9.15. The molecule has 0 aliphatic rings. The molecule has 2 heterocycles. The summed E-state index contributed by atoms with van der Waals surface area (Å²) in [5.41, 5.74) is 1.36. The Morgan fingerprint density at radius 3 is 2.52 bits per heavy atom. The Balaban J connectivity index is 1.82. The van der Waals surface area contributed by atoms with Gasteiger partial charge in [0.1, 0.15) is 29.0 Å². The third-order valence-corrected chi connectivity index (χ3v) is 5.38. The number of amides is 1. The van der Waals surface area contributed by atoms with Crippen molar-refractivity contribution in [1.82, 2.24) is 14.9 Å². The zero-order valence-corrected chi connectivity index (χ0v) is 18.8. The Kier molecular flexibility index (Phi) is 6.12. The average molecular weight is 448 g/mol. The first-order chi connectivity index (χ1) is 16.0. The van der Waals surface area contributed by atoms with Gasteiger partial charge >= 0.3 is 0 Å². The van der Waals surface area contributed by atoms with Crippen molar-refractivity contribution in [3.8, 4) is 22.8 Å². The number of rotatable bonds is 7. The topological polar surface area (TPSA) is 108 Å². The molecular weight excluding hydrogens is 424 g/mol. The van der Waals surface area contributed by atoms with Gasteiger partial charge in [0.05, 0.1) is 19.6 Å². The normalized spacial score (nSPS) is 11.9. The van der Waals surface area contributed by atoms with E-state index >= 15 is 0 Å². The van der Waals surface area contributed by atoms with E-state index in [0.717, 1.165) is 0 Å². The minimum absolute atomic E-state index is 0.118. The Hall–Kier alpha value is -4.14. The molecule has 0 aliphatic carbocycles. The van der Waals surface area contributed by atoms with Gasteiger partial charge in [0, 0.05) is 17.3 Å². The van der Waals surface area contributed by atoms with Crippen LogP contribution < -0.4 is 20.3 Å². The fraction of sp³-hybridized carbons (Fsp3) is 0.250. The van der Waals surface area contributed by atoms with Gasteiger partial charge in [-0.15, -0.1) is 0 Å². The number of carbonyl (C=O) groups is 1. The Bertz CT molecular complexity index is 1380. The SMILES string of the molecule is CCC(C(=O)Nc1cccc(OC)c1)n1nc(-c2cccc(OC)c2)c2c(C)onc2c1=O. The molecule has 1 unspecified atom stereocenters. The van der Waals surface area contributed by atoms with Crippen molar-refractivity contribution >= 4 is 22.5 Å². The van der Waals surface area contributed by atoms with E-state index in [1.54, 1.807) is 51.5 Å². The number of anilines is 1. The maximum Gasteiger partial charge on any atom is 0.297 e. The third-order valence-electron chi connectivity index (χ3n) is 5.38. The lowest BCUT2D eigenvalue weighted by molar-refractivity contribution is -0.119. The fourth-order valence-electron chi connectivity index (χ4n) is 3.69. The Morgan fingerprint density at radius 2 is 1.82 bits per heavy atom. The molecule has 4 rings (SSSR count). The standard InChI is InChI=1S/C24H24N4O5/c1-5-19(23(29)25-16-9-7-11-18(13-16)32-4)28-24(30)22-20(14(2)33-27-22)21(26-28)15-8-6-10-17(12-15)31-3/h6-13,19H,5H2,1-4H3,(H,25,29). The van der Waals surface area contributed by atoms with Gasteiger partial charge in [0.2, 0.25) is 5.91 Å². The van der Waals surface area contributed by atoms with Crippen LogP contribution >= 0.6 is 0 Å². The van der Waals surface area contributed by atoms with E-state index in [4.69, 9.17) is 14.0 Å². The minimum Gasteiger partial charge on any atom is -0.497 e. The van der Waals surface area contributed by atoms with Crippen LogP contribution in [0, 0.1) is 6.92 Å². The van der Waals surface area contributed by atoms with E-state index in [-0.39, 0.29) is 11.4 Å². The van der Waals surface area contributed by atoms with Crippen molar-refractivity contribution in [3.63, 3.8) is 0 Å². The number of carbonyl (C=O) groups excluding carboxylic acids is 1. The summed E-state index contributed by atoms with van der Waals surface area (Å²) in [5, 5.41) is 11.9. The number of hydrogen-bond acceptors (Lipinski definition) is 7. The predicted octanol–water partition coefficient (Wildman–Crippen LogP) is 3.97. The highest BCUT2D eigenvalue weighted by Crippen LogP contribution is 2.30. The average Bonchev–Trinajstić information content (AvgIpc) is 3.23. The summed E-state index contributed by atoms with van der Waals surface area (Å²) < 4.78 is 17.0. The zero-order valence-electron chi connectivity index (χ0n) is 18.8. The number of methoxy groups -OCH3 is 2. The Morgan fingerprint density at radius 1 is 1.12 bits per heavy atom. The van der Waals surface area contributed by atoms with Gasteiger partial charge in [0.15, 0.2) is 5.52 Å². The molecule has 0 spiro atoms. The van der Waals surface area contributed by atoms with Crippen LogP contribution in [-0.2, 0) is 4.79 Å². The number of hydrogen-bond donors (Lipinski definition) is 1. The van der Waals surface area contributed by atoms with E-state index in [2.05, 4.69) is 15.6 Å². The van der Waals surface area contributed by atoms with Crippen LogP contribution in [0.3, 0.4) is 0 Å². The molecule has 2 aromatic carbocycles. The summed E-state index contributed by atoms with van der Waals surface area (Å²) in [4.78, 5) is 26.4. The predicted molar refractivity (Wildman–Crippen MR) is 124 cm³/mol. The quantitative estimate of drug-likeness (QED) is 0.456. The molecule has 33 heavy (non-hydrogen) atoms. The number of nitrogens with one attached hydrogen (secondary N) is 1. The summed E-state index contributed by atoms with van der Waals surface area (Å²) in [5.74, 6) is 1.33. The van der Waals surface area contributed by atoms with Crippen molar-refractivity contribution in [2.75, 3.05) is 19.5 Å². The summed E-state index contributed by atoms with van der Waals surface area (Å²) in [6.07, 6.45) is 0.336. The highest BCUT2D eigenvalue weighted by atomic mass is 16.5. The van der Waals surface area contributed by atoms with Gasteiger partial charge in [0.25, 0.3) is 5.56 Å². The van der Waals surface area contributed by atoms with E-state index < -0.39 is 11.6 Å². The molecule has 0 bridgehead atoms. The molecule has 0 fully saturated rings. The summed E-state index contributed by atoms with van der Waals surface area (Å²) in [6.45, 7) is 3.53. The molecule has 170 valence electrons. The number of aromatic nitrogens is 3. The number of ether oxygens (including phenoxy) is 2. The Labute approximate surface area is 189 Å². The molecule has 0 saturated heterocycles. The molecule has 0 saturated carbocycles. The first-order valence-electron chi connectivity index (χ1n) is 10.4. The minimum atomic E-state index is -0.866. The highest BCUT2D eigenvalue weighted by Gasteiger charge is 2.26.